The highest BCUT2D eigenvalue weighted by Gasteiger charge is 2.25. The lowest BCUT2D eigenvalue weighted by Gasteiger charge is -2.22. The van der Waals surface area contributed by atoms with E-state index in [2.05, 4.69) is 51.6 Å². The number of guanidine groups is 1. The highest BCUT2D eigenvalue weighted by atomic mass is 127. The zero-order valence-electron chi connectivity index (χ0n) is 19.2. The van der Waals surface area contributed by atoms with Gasteiger partial charge in [0, 0.05) is 39.7 Å². The van der Waals surface area contributed by atoms with Crippen LogP contribution in [0.2, 0.25) is 0 Å². The highest BCUT2D eigenvalue weighted by molar-refractivity contribution is 14.0. The molecule has 3 rings (SSSR count). The Morgan fingerprint density at radius 3 is 2.50 bits per heavy atom. The lowest BCUT2D eigenvalue weighted by molar-refractivity contribution is 0.0536. The number of nitrogens with one attached hydrogen (secondary N) is 1. The third kappa shape index (κ3) is 8.69. The first-order chi connectivity index (χ1) is 15.3. The summed E-state index contributed by atoms with van der Waals surface area (Å²) in [7, 11) is 3.55. The van der Waals surface area contributed by atoms with Gasteiger partial charge in [0.2, 0.25) is 0 Å². The largest absolute Gasteiger partial charge is 0.382 e. The fourth-order valence-corrected chi connectivity index (χ4v) is 3.78. The third-order valence-corrected chi connectivity index (χ3v) is 5.51. The minimum absolute atomic E-state index is 0. The van der Waals surface area contributed by atoms with E-state index in [0.717, 1.165) is 38.6 Å². The molecule has 0 spiro atoms. The van der Waals surface area contributed by atoms with Crippen molar-refractivity contribution in [1.29, 1.82) is 0 Å². The Morgan fingerprint density at radius 1 is 1.00 bits per heavy atom. The van der Waals surface area contributed by atoms with Gasteiger partial charge >= 0.3 is 0 Å². The van der Waals surface area contributed by atoms with Gasteiger partial charge in [-0.3, -0.25) is 4.99 Å². The van der Waals surface area contributed by atoms with Crippen molar-refractivity contribution < 1.29 is 14.2 Å². The lowest BCUT2D eigenvalue weighted by atomic mass is 10.1. The monoisotopic (exact) mass is 553 g/mol. The molecule has 2 aromatic carbocycles. The van der Waals surface area contributed by atoms with Crippen LogP contribution < -0.4 is 5.32 Å². The van der Waals surface area contributed by atoms with Gasteiger partial charge in [0.05, 0.1) is 33.0 Å². The molecule has 1 atom stereocenters. The van der Waals surface area contributed by atoms with E-state index >= 15 is 0 Å². The number of benzene rings is 2. The van der Waals surface area contributed by atoms with E-state index in [1.54, 1.807) is 7.11 Å². The fraction of sp³-hybridized carbons (Fsp3) is 0.480. The molecule has 0 amide bonds. The zero-order valence-corrected chi connectivity index (χ0v) is 21.5. The van der Waals surface area contributed by atoms with Crippen molar-refractivity contribution in [2.75, 3.05) is 47.1 Å². The lowest BCUT2D eigenvalue weighted by Crippen LogP contribution is -2.40. The van der Waals surface area contributed by atoms with Crippen LogP contribution in [0.25, 0.3) is 0 Å². The second-order valence-electron chi connectivity index (χ2n) is 7.82. The molecular weight excluding hydrogens is 517 g/mol. The Bertz CT molecular complexity index is 804. The smallest absolute Gasteiger partial charge is 0.193 e. The summed E-state index contributed by atoms with van der Waals surface area (Å²) in [4.78, 5) is 6.82. The molecule has 32 heavy (non-hydrogen) atoms. The van der Waals surface area contributed by atoms with Gasteiger partial charge in [0.15, 0.2) is 5.96 Å². The van der Waals surface area contributed by atoms with E-state index < -0.39 is 0 Å². The molecule has 1 fully saturated rings. The summed E-state index contributed by atoms with van der Waals surface area (Å²) in [6, 6.07) is 18.7. The maximum atomic E-state index is 5.96. The van der Waals surface area contributed by atoms with Gasteiger partial charge in [0.1, 0.15) is 0 Å². The number of aliphatic imine (C=N–C) groups is 1. The molecule has 0 radical (unpaired) electrons. The molecule has 6 nitrogen and oxygen atoms in total. The van der Waals surface area contributed by atoms with Crippen molar-refractivity contribution in [1.82, 2.24) is 10.2 Å². The van der Waals surface area contributed by atoms with Crippen LogP contribution >= 0.6 is 24.0 Å². The first-order valence-electron chi connectivity index (χ1n) is 11.0. The first-order valence-corrected chi connectivity index (χ1v) is 11.0. The van der Waals surface area contributed by atoms with Gasteiger partial charge in [-0.25, -0.2) is 0 Å². The molecule has 0 saturated carbocycles. The quantitative estimate of drug-likeness (QED) is 0.197. The molecule has 1 unspecified atom stereocenters. The average molecular weight is 553 g/mol. The molecule has 1 aliphatic heterocycles. The molecule has 1 N–H and O–H groups in total. The summed E-state index contributed by atoms with van der Waals surface area (Å²) in [5.41, 5.74) is 3.62. The predicted molar refractivity (Wildman–Crippen MR) is 139 cm³/mol. The van der Waals surface area contributed by atoms with Crippen molar-refractivity contribution in [2.45, 2.75) is 26.2 Å². The topological polar surface area (TPSA) is 55.3 Å². The van der Waals surface area contributed by atoms with E-state index in [1.165, 1.54) is 16.7 Å². The van der Waals surface area contributed by atoms with E-state index in [-0.39, 0.29) is 24.0 Å². The van der Waals surface area contributed by atoms with Gasteiger partial charge in [-0.1, -0.05) is 54.6 Å². The normalized spacial score (nSPS) is 16.1. The first kappa shape index (κ1) is 26.6. The number of nitrogens with zero attached hydrogens (tertiary/aromatic N) is 2. The number of hydrogen-bond acceptors (Lipinski definition) is 4. The molecular formula is C25H36IN3O3. The second-order valence-corrected chi connectivity index (χ2v) is 7.82. The van der Waals surface area contributed by atoms with Crippen molar-refractivity contribution >= 4 is 29.9 Å². The Hall–Kier alpha value is -1.68. The molecule has 0 aromatic heterocycles. The Labute approximate surface area is 209 Å². The average Bonchev–Trinajstić information content (AvgIpc) is 3.27. The summed E-state index contributed by atoms with van der Waals surface area (Å²) < 4.78 is 16.7. The molecule has 1 aliphatic rings. The number of ether oxygens (including phenoxy) is 3. The van der Waals surface area contributed by atoms with Gasteiger partial charge in [-0.05, 0) is 23.1 Å². The van der Waals surface area contributed by atoms with Crippen LogP contribution in [0, 0.1) is 5.92 Å². The van der Waals surface area contributed by atoms with Crippen LogP contribution in [0.15, 0.2) is 59.6 Å². The van der Waals surface area contributed by atoms with Gasteiger partial charge in [-0.2, -0.15) is 0 Å². The molecule has 1 heterocycles. The van der Waals surface area contributed by atoms with Crippen molar-refractivity contribution in [2.24, 2.45) is 10.9 Å². The highest BCUT2D eigenvalue weighted by Crippen LogP contribution is 2.17. The SMILES string of the molecule is CN=C(NCc1ccccc1COCc1ccccc1)N1CCC(COCCOC)C1.I. The number of methoxy groups -OCH3 is 1. The van der Waals surface area contributed by atoms with Crippen molar-refractivity contribution in [3.63, 3.8) is 0 Å². The molecule has 0 aliphatic carbocycles. The van der Waals surface area contributed by atoms with E-state index in [9.17, 15) is 0 Å². The van der Waals surface area contributed by atoms with E-state index in [4.69, 9.17) is 14.2 Å². The van der Waals surface area contributed by atoms with Crippen LogP contribution in [-0.2, 0) is 34.0 Å². The molecule has 176 valence electrons. The van der Waals surface area contributed by atoms with E-state index in [1.807, 2.05) is 25.2 Å². The molecule has 0 bridgehead atoms. The van der Waals surface area contributed by atoms with Crippen LogP contribution in [0.3, 0.4) is 0 Å². The van der Waals surface area contributed by atoms with Gasteiger partial charge in [0.25, 0.3) is 0 Å². The van der Waals surface area contributed by atoms with Crippen LogP contribution in [0.1, 0.15) is 23.1 Å². The van der Waals surface area contributed by atoms with Gasteiger partial charge in [-0.15, -0.1) is 24.0 Å². The fourth-order valence-electron chi connectivity index (χ4n) is 3.78. The number of rotatable bonds is 11. The minimum Gasteiger partial charge on any atom is -0.382 e. The van der Waals surface area contributed by atoms with Crippen molar-refractivity contribution in [3.05, 3.63) is 71.3 Å². The number of likely N-dealkylation sites (tertiary alicyclic amines) is 1. The van der Waals surface area contributed by atoms with Crippen LogP contribution in [0.5, 0.6) is 0 Å². The molecule has 2 aromatic rings. The van der Waals surface area contributed by atoms with Gasteiger partial charge < -0.3 is 24.4 Å². The summed E-state index contributed by atoms with van der Waals surface area (Å²) in [6.45, 7) is 5.98. The minimum atomic E-state index is 0. The standard InChI is InChI=1S/C25H35N3O3.HI/c1-26-25(28-13-12-22(17-28)19-30-15-14-29-2)27-16-23-10-6-7-11-24(23)20-31-18-21-8-4-3-5-9-21;/h3-11,22H,12-20H2,1-2H3,(H,26,27);1H. The van der Waals surface area contributed by atoms with Crippen LogP contribution in [0.4, 0.5) is 0 Å². The molecule has 1 saturated heterocycles. The second kappa shape index (κ2) is 15.2. The maximum absolute atomic E-state index is 5.96. The third-order valence-electron chi connectivity index (χ3n) is 5.51. The number of halogens is 1. The zero-order chi connectivity index (χ0) is 21.7. The Balaban J connectivity index is 0.00000363. The maximum Gasteiger partial charge on any atom is 0.193 e. The summed E-state index contributed by atoms with van der Waals surface area (Å²) >= 11 is 0. The summed E-state index contributed by atoms with van der Waals surface area (Å²) in [5, 5.41) is 3.53. The predicted octanol–water partition coefficient (Wildman–Crippen LogP) is 4.08. The summed E-state index contributed by atoms with van der Waals surface area (Å²) in [6.07, 6.45) is 1.12. The summed E-state index contributed by atoms with van der Waals surface area (Å²) in [5.74, 6) is 1.48. The van der Waals surface area contributed by atoms with Crippen LogP contribution in [-0.4, -0.2) is 57.9 Å². The Morgan fingerprint density at radius 2 is 1.75 bits per heavy atom. The van der Waals surface area contributed by atoms with E-state index in [0.29, 0.717) is 32.3 Å². The molecule has 7 heteroatoms. The van der Waals surface area contributed by atoms with Crippen molar-refractivity contribution in [3.8, 4) is 0 Å². The Kier molecular flexibility index (Phi) is 12.6. The number of hydrogen-bond donors (Lipinski definition) is 1.